The maximum atomic E-state index is 4.77. The molecule has 0 amide bonds. The number of rotatable bonds is 2. The first-order chi connectivity index (χ1) is 9.68. The molecule has 3 rings (SSSR count). The van der Waals surface area contributed by atoms with E-state index in [1.54, 1.807) is 0 Å². The van der Waals surface area contributed by atoms with E-state index in [1.165, 1.54) is 22.6 Å². The normalized spacial score (nSPS) is 15.7. The second-order valence-electron chi connectivity index (χ2n) is 5.45. The highest BCUT2D eigenvalue weighted by Gasteiger charge is 2.20. The van der Waals surface area contributed by atoms with Crippen LogP contribution in [-0.2, 0) is 0 Å². The van der Waals surface area contributed by atoms with Gasteiger partial charge in [0.1, 0.15) is 0 Å². The average Bonchev–Trinajstić information content (AvgIpc) is 2.75. The standard InChI is InChI=1S/C16H22N4/c1-12-6-4-5-7-15(12)20-14(3)16(13(2)18-20)19-10-8-17-9-11-19/h4-7,17H,8-11H2,1-3H3. The Morgan fingerprint density at radius 3 is 2.45 bits per heavy atom. The molecule has 4 heteroatoms. The molecule has 1 aliphatic rings. The number of hydrogen-bond acceptors (Lipinski definition) is 3. The van der Waals surface area contributed by atoms with E-state index in [4.69, 9.17) is 5.10 Å². The predicted octanol–water partition coefficient (Wildman–Crippen LogP) is 2.21. The molecule has 0 saturated carbocycles. The third kappa shape index (κ3) is 2.20. The monoisotopic (exact) mass is 270 g/mol. The molecule has 1 aromatic heterocycles. The van der Waals surface area contributed by atoms with E-state index in [9.17, 15) is 0 Å². The number of anilines is 1. The number of para-hydroxylation sites is 1. The Labute approximate surface area is 120 Å². The quantitative estimate of drug-likeness (QED) is 0.908. The molecule has 2 heterocycles. The number of hydrogen-bond donors (Lipinski definition) is 1. The first-order valence-electron chi connectivity index (χ1n) is 7.26. The second kappa shape index (κ2) is 5.29. The molecule has 1 N–H and O–H groups in total. The average molecular weight is 270 g/mol. The lowest BCUT2D eigenvalue weighted by Crippen LogP contribution is -2.43. The van der Waals surface area contributed by atoms with Crippen LogP contribution in [0.5, 0.6) is 0 Å². The van der Waals surface area contributed by atoms with Crippen LogP contribution in [0.1, 0.15) is 17.0 Å². The number of nitrogens with zero attached hydrogens (tertiary/aromatic N) is 3. The Bertz CT molecular complexity index is 609. The lowest BCUT2D eigenvalue weighted by atomic mass is 10.2. The first kappa shape index (κ1) is 13.2. The summed E-state index contributed by atoms with van der Waals surface area (Å²) in [5.41, 5.74) is 6.08. The molecule has 0 unspecified atom stereocenters. The van der Waals surface area contributed by atoms with Crippen LogP contribution in [0.3, 0.4) is 0 Å². The van der Waals surface area contributed by atoms with Crippen molar-refractivity contribution in [2.75, 3.05) is 31.1 Å². The Hall–Kier alpha value is -1.81. The van der Waals surface area contributed by atoms with Crippen molar-refractivity contribution >= 4 is 5.69 Å². The highest BCUT2D eigenvalue weighted by atomic mass is 15.3. The van der Waals surface area contributed by atoms with Gasteiger partial charge in [0.2, 0.25) is 0 Å². The van der Waals surface area contributed by atoms with Crippen LogP contribution in [0.2, 0.25) is 0 Å². The zero-order valence-corrected chi connectivity index (χ0v) is 12.5. The van der Waals surface area contributed by atoms with Gasteiger partial charge >= 0.3 is 0 Å². The van der Waals surface area contributed by atoms with Crippen molar-refractivity contribution in [1.82, 2.24) is 15.1 Å². The summed E-state index contributed by atoms with van der Waals surface area (Å²) >= 11 is 0. The molecular formula is C16H22N4. The molecule has 0 atom stereocenters. The molecule has 0 radical (unpaired) electrons. The summed E-state index contributed by atoms with van der Waals surface area (Å²) in [7, 11) is 0. The van der Waals surface area contributed by atoms with Gasteiger partial charge in [-0.2, -0.15) is 5.10 Å². The van der Waals surface area contributed by atoms with Crippen molar-refractivity contribution in [3.63, 3.8) is 0 Å². The van der Waals surface area contributed by atoms with E-state index in [0.29, 0.717) is 0 Å². The van der Waals surface area contributed by atoms with Gasteiger partial charge in [-0.05, 0) is 32.4 Å². The van der Waals surface area contributed by atoms with Gasteiger partial charge in [-0.1, -0.05) is 18.2 Å². The SMILES string of the molecule is Cc1ccccc1-n1nc(C)c(N2CCNCC2)c1C. The van der Waals surface area contributed by atoms with Crippen molar-refractivity contribution in [3.8, 4) is 5.69 Å². The minimum atomic E-state index is 1.05. The van der Waals surface area contributed by atoms with Crippen LogP contribution in [0.4, 0.5) is 5.69 Å². The molecule has 1 saturated heterocycles. The van der Waals surface area contributed by atoms with Gasteiger partial charge in [0.05, 0.1) is 22.8 Å². The number of piperazine rings is 1. The Kier molecular flexibility index (Phi) is 3.49. The van der Waals surface area contributed by atoms with Gasteiger partial charge in [-0.25, -0.2) is 4.68 Å². The van der Waals surface area contributed by atoms with E-state index in [-0.39, 0.29) is 0 Å². The van der Waals surface area contributed by atoms with Gasteiger partial charge in [0, 0.05) is 26.2 Å². The second-order valence-corrected chi connectivity index (χ2v) is 5.45. The van der Waals surface area contributed by atoms with Crippen LogP contribution < -0.4 is 10.2 Å². The van der Waals surface area contributed by atoms with E-state index in [1.807, 2.05) is 0 Å². The topological polar surface area (TPSA) is 33.1 Å². The number of aryl methyl sites for hydroxylation is 2. The fourth-order valence-corrected chi connectivity index (χ4v) is 3.02. The highest BCUT2D eigenvalue weighted by molar-refractivity contribution is 5.58. The molecule has 0 spiro atoms. The minimum Gasteiger partial charge on any atom is -0.366 e. The zero-order chi connectivity index (χ0) is 14.1. The van der Waals surface area contributed by atoms with Crippen molar-refractivity contribution in [2.45, 2.75) is 20.8 Å². The molecule has 1 aromatic carbocycles. The first-order valence-corrected chi connectivity index (χ1v) is 7.26. The molecule has 106 valence electrons. The molecular weight excluding hydrogens is 248 g/mol. The molecule has 2 aromatic rings. The summed E-state index contributed by atoms with van der Waals surface area (Å²) in [6.45, 7) is 10.6. The van der Waals surface area contributed by atoms with Crippen LogP contribution in [0, 0.1) is 20.8 Å². The maximum Gasteiger partial charge on any atom is 0.0834 e. The fourth-order valence-electron chi connectivity index (χ4n) is 3.02. The van der Waals surface area contributed by atoms with Crippen LogP contribution in [-0.4, -0.2) is 36.0 Å². The third-order valence-corrected chi connectivity index (χ3v) is 4.03. The van der Waals surface area contributed by atoms with Gasteiger partial charge in [-0.3, -0.25) is 0 Å². The van der Waals surface area contributed by atoms with E-state index >= 15 is 0 Å². The molecule has 1 aliphatic heterocycles. The Morgan fingerprint density at radius 1 is 1.05 bits per heavy atom. The largest absolute Gasteiger partial charge is 0.366 e. The van der Waals surface area contributed by atoms with Gasteiger partial charge in [0.15, 0.2) is 0 Å². The summed E-state index contributed by atoms with van der Waals surface area (Å²) < 4.78 is 2.09. The van der Waals surface area contributed by atoms with Crippen molar-refractivity contribution in [2.24, 2.45) is 0 Å². The summed E-state index contributed by atoms with van der Waals surface area (Å²) in [6.07, 6.45) is 0. The summed E-state index contributed by atoms with van der Waals surface area (Å²) in [5.74, 6) is 0. The number of aromatic nitrogens is 2. The van der Waals surface area contributed by atoms with E-state index < -0.39 is 0 Å². The highest BCUT2D eigenvalue weighted by Crippen LogP contribution is 2.27. The summed E-state index contributed by atoms with van der Waals surface area (Å²) in [4.78, 5) is 2.45. The van der Waals surface area contributed by atoms with E-state index in [0.717, 1.165) is 31.9 Å². The summed E-state index contributed by atoms with van der Waals surface area (Å²) in [6, 6.07) is 8.41. The summed E-state index contributed by atoms with van der Waals surface area (Å²) in [5, 5.41) is 8.17. The van der Waals surface area contributed by atoms with Crippen molar-refractivity contribution in [1.29, 1.82) is 0 Å². The zero-order valence-electron chi connectivity index (χ0n) is 12.5. The number of benzene rings is 1. The lowest BCUT2D eigenvalue weighted by molar-refractivity contribution is 0.587. The Morgan fingerprint density at radius 2 is 1.75 bits per heavy atom. The van der Waals surface area contributed by atoms with E-state index in [2.05, 4.69) is 59.9 Å². The molecule has 0 aliphatic carbocycles. The molecule has 20 heavy (non-hydrogen) atoms. The molecule has 1 fully saturated rings. The van der Waals surface area contributed by atoms with Crippen molar-refractivity contribution in [3.05, 3.63) is 41.2 Å². The molecule has 0 bridgehead atoms. The smallest absolute Gasteiger partial charge is 0.0834 e. The van der Waals surface area contributed by atoms with Gasteiger partial charge in [-0.15, -0.1) is 0 Å². The third-order valence-electron chi connectivity index (χ3n) is 4.03. The van der Waals surface area contributed by atoms with Gasteiger partial charge < -0.3 is 10.2 Å². The molecule has 4 nitrogen and oxygen atoms in total. The number of nitrogens with one attached hydrogen (secondary N) is 1. The fraction of sp³-hybridized carbons (Fsp3) is 0.438. The van der Waals surface area contributed by atoms with Crippen LogP contribution >= 0.6 is 0 Å². The van der Waals surface area contributed by atoms with Gasteiger partial charge in [0.25, 0.3) is 0 Å². The van der Waals surface area contributed by atoms with Crippen molar-refractivity contribution < 1.29 is 0 Å². The van der Waals surface area contributed by atoms with Crippen LogP contribution in [0.15, 0.2) is 24.3 Å². The Balaban J connectivity index is 2.04. The predicted molar refractivity (Wildman–Crippen MR) is 82.9 cm³/mol. The minimum absolute atomic E-state index is 1.05. The van der Waals surface area contributed by atoms with Crippen LogP contribution in [0.25, 0.3) is 5.69 Å². The maximum absolute atomic E-state index is 4.77. The lowest BCUT2D eigenvalue weighted by Gasteiger charge is -2.29.